The first kappa shape index (κ1) is 24.7. The number of nitro benzene ring substituents is 1. The molecule has 9 nitrogen and oxygen atoms in total. The molecule has 0 fully saturated rings. The van der Waals surface area contributed by atoms with Crippen LogP contribution in [0.4, 0.5) is 5.69 Å². The molecule has 11 heteroatoms. The highest BCUT2D eigenvalue weighted by molar-refractivity contribution is 7.92. The fourth-order valence-corrected chi connectivity index (χ4v) is 5.33. The Balaban J connectivity index is 1.91. The van der Waals surface area contributed by atoms with Gasteiger partial charge in [0, 0.05) is 25.3 Å². The summed E-state index contributed by atoms with van der Waals surface area (Å²) >= 11 is 1.20. The molecule has 0 aliphatic carbocycles. The van der Waals surface area contributed by atoms with Crippen LogP contribution in [0, 0.1) is 10.1 Å². The number of fused-ring (bicyclic) bond motifs is 1. The fourth-order valence-electron chi connectivity index (χ4n) is 3.17. The lowest BCUT2D eigenvalue weighted by Gasteiger charge is -2.08. The van der Waals surface area contributed by atoms with Crippen molar-refractivity contribution in [3.05, 3.63) is 62.9 Å². The Kier molecular flexibility index (Phi) is 7.77. The second kappa shape index (κ2) is 10.4. The molecule has 0 bridgehead atoms. The number of carbonyl (C=O) groups is 1. The van der Waals surface area contributed by atoms with Gasteiger partial charge in [-0.3, -0.25) is 14.9 Å². The average molecular weight is 492 g/mol. The number of nitro groups is 1. The fraction of sp³-hybridized carbons (Fsp3) is 0.364. The monoisotopic (exact) mass is 491 g/mol. The van der Waals surface area contributed by atoms with E-state index in [1.807, 2.05) is 11.5 Å². The number of rotatable bonds is 9. The molecular formula is C22H25N3O6S2. The predicted molar refractivity (Wildman–Crippen MR) is 126 cm³/mol. The smallest absolute Gasteiger partial charge is 0.270 e. The van der Waals surface area contributed by atoms with E-state index in [1.165, 1.54) is 35.6 Å². The number of non-ortho nitro benzene ring substituents is 1. The van der Waals surface area contributed by atoms with Gasteiger partial charge < -0.3 is 9.30 Å². The molecule has 3 rings (SSSR count). The van der Waals surface area contributed by atoms with E-state index in [-0.39, 0.29) is 17.0 Å². The van der Waals surface area contributed by atoms with Crippen LogP contribution in [-0.2, 0) is 32.3 Å². The number of hydrogen-bond donors (Lipinski definition) is 0. The van der Waals surface area contributed by atoms with Gasteiger partial charge in [0.05, 0.1) is 38.3 Å². The van der Waals surface area contributed by atoms with Crippen molar-refractivity contribution >= 4 is 43.0 Å². The zero-order valence-corrected chi connectivity index (χ0v) is 20.2. The molecule has 1 heterocycles. The first-order chi connectivity index (χ1) is 15.6. The Morgan fingerprint density at radius 2 is 1.91 bits per heavy atom. The summed E-state index contributed by atoms with van der Waals surface area (Å²) in [6, 6.07) is 10.8. The van der Waals surface area contributed by atoms with Crippen LogP contribution in [-0.4, -0.2) is 42.3 Å². The molecule has 176 valence electrons. The summed E-state index contributed by atoms with van der Waals surface area (Å²) in [5, 5.41) is 10.6. The zero-order chi connectivity index (χ0) is 24.2. The minimum Gasteiger partial charge on any atom is -0.380 e. The maximum absolute atomic E-state index is 12.7. The molecular weight excluding hydrogens is 466 g/mol. The van der Waals surface area contributed by atoms with E-state index in [2.05, 4.69) is 4.99 Å². The Bertz CT molecular complexity index is 1340. The summed E-state index contributed by atoms with van der Waals surface area (Å²) in [6.07, 6.45) is 0.00184. The van der Waals surface area contributed by atoms with Crippen LogP contribution >= 0.6 is 11.3 Å². The van der Waals surface area contributed by atoms with Gasteiger partial charge in [0.25, 0.3) is 11.6 Å². The number of thiazole rings is 1. The summed E-state index contributed by atoms with van der Waals surface area (Å²) in [5.41, 5.74) is 1.35. The quantitative estimate of drug-likeness (QED) is 0.257. The van der Waals surface area contributed by atoms with Crippen molar-refractivity contribution in [3.8, 4) is 0 Å². The van der Waals surface area contributed by atoms with Gasteiger partial charge in [0.2, 0.25) is 0 Å². The van der Waals surface area contributed by atoms with Gasteiger partial charge in [-0.2, -0.15) is 4.99 Å². The van der Waals surface area contributed by atoms with Crippen molar-refractivity contribution in [1.82, 2.24) is 4.57 Å². The molecule has 3 aromatic rings. The van der Waals surface area contributed by atoms with Crippen molar-refractivity contribution in [2.24, 2.45) is 4.99 Å². The van der Waals surface area contributed by atoms with E-state index in [9.17, 15) is 23.3 Å². The summed E-state index contributed by atoms with van der Waals surface area (Å²) in [4.78, 5) is 28.2. The maximum Gasteiger partial charge on any atom is 0.270 e. The van der Waals surface area contributed by atoms with Crippen molar-refractivity contribution < 1.29 is 22.9 Å². The van der Waals surface area contributed by atoms with Crippen LogP contribution in [0.15, 0.2) is 52.4 Å². The Morgan fingerprint density at radius 3 is 2.52 bits per heavy atom. The molecule has 0 spiro atoms. The largest absolute Gasteiger partial charge is 0.380 e. The SMILES string of the molecule is CCOCCn1c(=NC(=O)Cc2ccc(S(=O)(=O)C(C)C)cc2)sc2cc([N+](=O)[O-])ccc21. The molecule has 0 N–H and O–H groups in total. The maximum atomic E-state index is 12.7. The number of carbonyl (C=O) groups excluding carboxylic acids is 1. The van der Waals surface area contributed by atoms with Gasteiger partial charge in [-0.25, -0.2) is 8.42 Å². The topological polar surface area (TPSA) is 121 Å². The normalized spacial score (nSPS) is 12.5. The van der Waals surface area contributed by atoms with Gasteiger partial charge >= 0.3 is 0 Å². The van der Waals surface area contributed by atoms with Crippen LogP contribution in [0.25, 0.3) is 10.2 Å². The third kappa shape index (κ3) is 5.73. The van der Waals surface area contributed by atoms with Crippen molar-refractivity contribution in [3.63, 3.8) is 0 Å². The number of amides is 1. The lowest BCUT2D eigenvalue weighted by molar-refractivity contribution is -0.384. The second-order valence-corrected chi connectivity index (χ2v) is 11.1. The standard InChI is InChI=1S/C22H25N3O6S2/c1-4-31-12-11-24-19-10-7-17(25(27)28)14-20(19)32-22(24)23-21(26)13-16-5-8-18(9-6-16)33(29,30)15(2)3/h5-10,14-15H,4,11-13H2,1-3H3. The van der Waals surface area contributed by atoms with Crippen LogP contribution in [0.5, 0.6) is 0 Å². The van der Waals surface area contributed by atoms with E-state index >= 15 is 0 Å². The molecule has 0 aliphatic heterocycles. The van der Waals surface area contributed by atoms with E-state index in [1.54, 1.807) is 32.0 Å². The number of nitrogens with zero attached hydrogens (tertiary/aromatic N) is 3. The third-order valence-corrected chi connectivity index (χ3v) is 8.20. The van der Waals surface area contributed by atoms with E-state index in [0.29, 0.717) is 34.8 Å². The van der Waals surface area contributed by atoms with Crippen molar-refractivity contribution in [2.45, 2.75) is 43.9 Å². The first-order valence-electron chi connectivity index (χ1n) is 10.4. The van der Waals surface area contributed by atoms with Crippen molar-refractivity contribution in [1.29, 1.82) is 0 Å². The van der Waals surface area contributed by atoms with Crippen LogP contribution in [0.3, 0.4) is 0 Å². The highest BCUT2D eigenvalue weighted by atomic mass is 32.2. The van der Waals surface area contributed by atoms with Gasteiger partial charge in [0.1, 0.15) is 0 Å². The van der Waals surface area contributed by atoms with Gasteiger partial charge in [-0.15, -0.1) is 0 Å². The van der Waals surface area contributed by atoms with Crippen LogP contribution in [0.2, 0.25) is 0 Å². The zero-order valence-electron chi connectivity index (χ0n) is 18.6. The van der Waals surface area contributed by atoms with Gasteiger partial charge in [0.15, 0.2) is 14.6 Å². The minimum absolute atomic E-state index is 0.00184. The predicted octanol–water partition coefficient (Wildman–Crippen LogP) is 3.50. The molecule has 0 saturated carbocycles. The lowest BCUT2D eigenvalue weighted by Crippen LogP contribution is -2.20. The van der Waals surface area contributed by atoms with Crippen molar-refractivity contribution in [2.75, 3.05) is 13.2 Å². The molecule has 0 unspecified atom stereocenters. The summed E-state index contributed by atoms with van der Waals surface area (Å²) in [5.74, 6) is -0.402. The molecule has 0 radical (unpaired) electrons. The minimum atomic E-state index is -3.38. The van der Waals surface area contributed by atoms with E-state index < -0.39 is 25.9 Å². The van der Waals surface area contributed by atoms with Crippen LogP contribution < -0.4 is 4.80 Å². The Morgan fingerprint density at radius 1 is 1.21 bits per heavy atom. The van der Waals surface area contributed by atoms with Crippen LogP contribution in [0.1, 0.15) is 26.3 Å². The number of aromatic nitrogens is 1. The molecule has 0 aliphatic rings. The first-order valence-corrected chi connectivity index (χ1v) is 12.8. The van der Waals surface area contributed by atoms with E-state index in [4.69, 9.17) is 4.74 Å². The summed E-state index contributed by atoms with van der Waals surface area (Å²) in [7, 11) is -3.38. The molecule has 1 aromatic heterocycles. The molecule has 33 heavy (non-hydrogen) atoms. The average Bonchev–Trinajstić information content (AvgIpc) is 3.10. The molecule has 1 amide bonds. The number of ether oxygens (including phenoxy) is 1. The Hall–Kier alpha value is -2.89. The summed E-state index contributed by atoms with van der Waals surface area (Å²) < 4.78 is 32.4. The lowest BCUT2D eigenvalue weighted by atomic mass is 10.1. The molecule has 2 aromatic carbocycles. The second-order valence-electron chi connectivity index (χ2n) is 7.56. The number of sulfone groups is 1. The number of hydrogen-bond acceptors (Lipinski definition) is 7. The highest BCUT2D eigenvalue weighted by Crippen LogP contribution is 2.23. The summed E-state index contributed by atoms with van der Waals surface area (Å²) in [6.45, 7) is 6.51. The Labute approximate surface area is 195 Å². The molecule has 0 atom stereocenters. The van der Waals surface area contributed by atoms with Gasteiger partial charge in [-0.1, -0.05) is 23.5 Å². The van der Waals surface area contributed by atoms with Gasteiger partial charge in [-0.05, 0) is 44.5 Å². The number of benzene rings is 2. The van der Waals surface area contributed by atoms with E-state index in [0.717, 1.165) is 5.52 Å². The third-order valence-electron chi connectivity index (χ3n) is 4.99. The molecule has 0 saturated heterocycles. The highest BCUT2D eigenvalue weighted by Gasteiger charge is 2.19.